The van der Waals surface area contributed by atoms with Crippen LogP contribution in [0.3, 0.4) is 0 Å². The lowest BCUT2D eigenvalue weighted by atomic mass is 9.88. The van der Waals surface area contributed by atoms with Gasteiger partial charge >= 0.3 is 0 Å². The molecule has 1 aliphatic carbocycles. The quantitative estimate of drug-likeness (QED) is 0.503. The molecule has 2 heterocycles. The summed E-state index contributed by atoms with van der Waals surface area (Å²) in [4.78, 5) is 15.2. The fraction of sp³-hybridized carbons (Fsp3) is 0.423. The smallest absolute Gasteiger partial charge is 0.232 e. The molecule has 1 amide bonds. The standard InChI is InChI=1S/C26H31N5O2S/c1-33-23-15-6-5-14-22(23)31-25(30-16-7-2-8-17-30)28-29-26(31)34-18-24(32)27-21-13-9-11-19-10-3-4-12-20(19)21/h3-6,10,12,14-15,21H,2,7-9,11,13,16-18H2,1H3,(H,27,32)/t21-/m0/s1. The summed E-state index contributed by atoms with van der Waals surface area (Å²) in [6.45, 7) is 1.92. The van der Waals surface area contributed by atoms with Crippen LogP contribution in [0.2, 0.25) is 0 Å². The van der Waals surface area contributed by atoms with Gasteiger partial charge in [-0.3, -0.25) is 9.36 Å². The van der Waals surface area contributed by atoms with Crippen LogP contribution in [0.15, 0.2) is 53.7 Å². The lowest BCUT2D eigenvalue weighted by molar-refractivity contribution is -0.119. The number of ether oxygens (including phenoxy) is 1. The SMILES string of the molecule is COc1ccccc1-n1c(SCC(=O)N[C@H]2CCCc3ccccc32)nnc1N1CCCCC1. The molecule has 1 fully saturated rings. The van der Waals surface area contributed by atoms with E-state index >= 15 is 0 Å². The predicted octanol–water partition coefficient (Wildman–Crippen LogP) is 4.55. The number of carbonyl (C=O) groups is 1. The van der Waals surface area contributed by atoms with E-state index in [2.05, 4.69) is 44.7 Å². The van der Waals surface area contributed by atoms with Gasteiger partial charge in [0, 0.05) is 13.1 Å². The molecule has 1 aromatic heterocycles. The van der Waals surface area contributed by atoms with Gasteiger partial charge in [0.2, 0.25) is 11.9 Å². The first kappa shape index (κ1) is 22.8. The van der Waals surface area contributed by atoms with Crippen molar-refractivity contribution < 1.29 is 9.53 Å². The zero-order valence-corrected chi connectivity index (χ0v) is 20.4. The molecule has 1 atom stereocenters. The Kier molecular flexibility index (Phi) is 7.04. The summed E-state index contributed by atoms with van der Waals surface area (Å²) in [5.41, 5.74) is 3.48. The maximum atomic E-state index is 12.9. The fourth-order valence-corrected chi connectivity index (χ4v) is 5.70. The first-order chi connectivity index (χ1) is 16.7. The van der Waals surface area contributed by atoms with Crippen LogP contribution in [-0.4, -0.2) is 46.6 Å². The number of aryl methyl sites for hydroxylation is 1. The van der Waals surface area contributed by atoms with Gasteiger partial charge in [-0.1, -0.05) is 48.2 Å². The van der Waals surface area contributed by atoms with E-state index in [1.807, 2.05) is 28.8 Å². The maximum Gasteiger partial charge on any atom is 0.232 e. The maximum absolute atomic E-state index is 12.9. The van der Waals surface area contributed by atoms with Crippen molar-refractivity contribution in [2.45, 2.75) is 49.7 Å². The average Bonchev–Trinajstić information content (AvgIpc) is 3.32. The van der Waals surface area contributed by atoms with Crippen LogP contribution < -0.4 is 15.0 Å². The number of aromatic nitrogens is 3. The van der Waals surface area contributed by atoms with Crippen LogP contribution in [-0.2, 0) is 11.2 Å². The van der Waals surface area contributed by atoms with E-state index in [1.54, 1.807) is 7.11 Å². The summed E-state index contributed by atoms with van der Waals surface area (Å²) in [5.74, 6) is 1.87. The molecule has 2 aromatic carbocycles. The van der Waals surface area contributed by atoms with Gasteiger partial charge in [-0.2, -0.15) is 0 Å². The minimum atomic E-state index is 0.0146. The second-order valence-electron chi connectivity index (χ2n) is 8.84. The Balaban J connectivity index is 1.36. The van der Waals surface area contributed by atoms with Gasteiger partial charge in [0.25, 0.3) is 0 Å². The van der Waals surface area contributed by atoms with Crippen LogP contribution in [0.1, 0.15) is 49.3 Å². The molecule has 0 spiro atoms. The molecule has 0 bridgehead atoms. The molecule has 34 heavy (non-hydrogen) atoms. The molecule has 3 aromatic rings. The molecular formula is C26H31N5O2S. The van der Waals surface area contributed by atoms with Crippen molar-refractivity contribution in [1.82, 2.24) is 20.1 Å². The Bertz CT molecular complexity index is 1140. The first-order valence-electron chi connectivity index (χ1n) is 12.1. The number of para-hydroxylation sites is 2. The zero-order valence-electron chi connectivity index (χ0n) is 19.6. The molecule has 0 unspecified atom stereocenters. The monoisotopic (exact) mass is 477 g/mol. The fourth-order valence-electron chi connectivity index (χ4n) is 4.95. The number of hydrogen-bond acceptors (Lipinski definition) is 6. The van der Waals surface area contributed by atoms with Gasteiger partial charge in [-0.15, -0.1) is 10.2 Å². The minimum absolute atomic E-state index is 0.0146. The van der Waals surface area contributed by atoms with E-state index in [-0.39, 0.29) is 17.7 Å². The van der Waals surface area contributed by atoms with Crippen molar-refractivity contribution in [3.63, 3.8) is 0 Å². The van der Waals surface area contributed by atoms with Crippen LogP contribution in [0.25, 0.3) is 5.69 Å². The number of nitrogens with one attached hydrogen (secondary N) is 1. The number of benzene rings is 2. The van der Waals surface area contributed by atoms with Gasteiger partial charge in [0.05, 0.1) is 24.6 Å². The highest BCUT2D eigenvalue weighted by molar-refractivity contribution is 7.99. The van der Waals surface area contributed by atoms with Gasteiger partial charge in [-0.05, 0) is 61.8 Å². The lowest BCUT2D eigenvalue weighted by Gasteiger charge is -2.28. The topological polar surface area (TPSA) is 72.3 Å². The van der Waals surface area contributed by atoms with E-state index < -0.39 is 0 Å². The van der Waals surface area contributed by atoms with Crippen molar-refractivity contribution in [2.24, 2.45) is 0 Å². The van der Waals surface area contributed by atoms with E-state index in [0.29, 0.717) is 5.16 Å². The summed E-state index contributed by atoms with van der Waals surface area (Å²) >= 11 is 1.42. The summed E-state index contributed by atoms with van der Waals surface area (Å²) in [7, 11) is 1.67. The van der Waals surface area contributed by atoms with E-state index in [4.69, 9.17) is 4.74 Å². The highest BCUT2D eigenvalue weighted by Gasteiger charge is 2.25. The second kappa shape index (κ2) is 10.5. The van der Waals surface area contributed by atoms with E-state index in [1.165, 1.54) is 29.3 Å². The van der Waals surface area contributed by atoms with Gasteiger partial charge < -0.3 is 15.0 Å². The Morgan fingerprint density at radius 1 is 1.06 bits per heavy atom. The highest BCUT2D eigenvalue weighted by Crippen LogP contribution is 2.33. The molecular weight excluding hydrogens is 446 g/mol. The average molecular weight is 478 g/mol. The van der Waals surface area contributed by atoms with Crippen LogP contribution in [0, 0.1) is 0 Å². The number of rotatable bonds is 7. The zero-order chi connectivity index (χ0) is 23.3. The number of piperidine rings is 1. The van der Waals surface area contributed by atoms with Gasteiger partial charge in [0.15, 0.2) is 5.16 Å². The molecule has 1 N–H and O–H groups in total. The number of carbonyl (C=O) groups excluding carboxylic acids is 1. The summed E-state index contributed by atoms with van der Waals surface area (Å²) in [6, 6.07) is 16.4. The third-order valence-corrected chi connectivity index (χ3v) is 7.55. The number of nitrogens with zero attached hydrogens (tertiary/aromatic N) is 4. The van der Waals surface area contributed by atoms with E-state index in [0.717, 1.165) is 62.6 Å². The molecule has 1 aliphatic heterocycles. The summed E-state index contributed by atoms with van der Waals surface area (Å²) in [5, 5.41) is 13.0. The molecule has 8 heteroatoms. The Hall–Kier alpha value is -3.00. The summed E-state index contributed by atoms with van der Waals surface area (Å²) in [6.07, 6.45) is 6.68. The van der Waals surface area contributed by atoms with Crippen LogP contribution >= 0.6 is 11.8 Å². The van der Waals surface area contributed by atoms with Crippen LogP contribution in [0.5, 0.6) is 5.75 Å². The second-order valence-corrected chi connectivity index (χ2v) is 9.78. The number of amides is 1. The Labute approximate surface area is 204 Å². The van der Waals surface area contributed by atoms with Gasteiger partial charge in [-0.25, -0.2) is 0 Å². The van der Waals surface area contributed by atoms with Crippen molar-refractivity contribution >= 4 is 23.6 Å². The number of fused-ring (bicyclic) bond motifs is 1. The molecule has 1 saturated heterocycles. The van der Waals surface area contributed by atoms with Crippen LogP contribution in [0.4, 0.5) is 5.95 Å². The molecule has 5 rings (SSSR count). The number of thioether (sulfide) groups is 1. The summed E-state index contributed by atoms with van der Waals surface area (Å²) < 4.78 is 7.68. The Morgan fingerprint density at radius 2 is 1.85 bits per heavy atom. The molecule has 0 radical (unpaired) electrons. The number of anilines is 1. The predicted molar refractivity (Wildman–Crippen MR) is 135 cm³/mol. The molecule has 178 valence electrons. The highest BCUT2D eigenvalue weighted by atomic mass is 32.2. The largest absolute Gasteiger partial charge is 0.495 e. The Morgan fingerprint density at radius 3 is 2.71 bits per heavy atom. The third-order valence-electron chi connectivity index (χ3n) is 6.62. The van der Waals surface area contributed by atoms with Gasteiger partial charge in [0.1, 0.15) is 5.75 Å². The normalized spacial score (nSPS) is 17.8. The number of methoxy groups -OCH3 is 1. The van der Waals surface area contributed by atoms with Crippen molar-refractivity contribution in [2.75, 3.05) is 30.9 Å². The van der Waals surface area contributed by atoms with Crippen molar-refractivity contribution in [3.8, 4) is 11.4 Å². The molecule has 2 aliphatic rings. The number of hydrogen-bond donors (Lipinski definition) is 1. The van der Waals surface area contributed by atoms with E-state index in [9.17, 15) is 4.79 Å². The van der Waals surface area contributed by atoms with Crippen molar-refractivity contribution in [3.05, 3.63) is 59.7 Å². The molecule has 0 saturated carbocycles. The first-order valence-corrected chi connectivity index (χ1v) is 13.1. The third kappa shape index (κ3) is 4.78. The minimum Gasteiger partial charge on any atom is -0.495 e. The molecule has 7 nitrogen and oxygen atoms in total. The lowest BCUT2D eigenvalue weighted by Crippen LogP contribution is -2.32. The van der Waals surface area contributed by atoms with Crippen molar-refractivity contribution in [1.29, 1.82) is 0 Å².